The summed E-state index contributed by atoms with van der Waals surface area (Å²) in [5.41, 5.74) is 9.82. The van der Waals surface area contributed by atoms with Gasteiger partial charge in [-0.2, -0.15) is 9.97 Å². The van der Waals surface area contributed by atoms with Crippen molar-refractivity contribution in [2.75, 3.05) is 24.7 Å². The lowest BCUT2D eigenvalue weighted by molar-refractivity contribution is -0.0565. The fraction of sp³-hybridized carbons (Fsp3) is 0.556. The first-order valence-corrected chi connectivity index (χ1v) is 12.7. The Balaban J connectivity index is 1.22. The number of aromatic amines is 1. The van der Waals surface area contributed by atoms with E-state index in [9.17, 15) is 29.3 Å². The summed E-state index contributed by atoms with van der Waals surface area (Å²) in [6.07, 6.45) is -3.86. The van der Waals surface area contributed by atoms with Crippen LogP contribution in [0.4, 0.5) is 11.9 Å². The number of phosphoric ester groups is 1. The lowest BCUT2D eigenvalue weighted by Crippen LogP contribution is -2.29. The molecule has 20 heteroatoms. The fourth-order valence-corrected chi connectivity index (χ4v) is 5.22. The number of hydrogen-bond acceptors (Lipinski definition) is 15. The number of hydrogen-bond donors (Lipinski definition) is 6. The highest BCUT2D eigenvalue weighted by atomic mass is 31.2. The predicted molar refractivity (Wildman–Crippen MR) is 124 cm³/mol. The van der Waals surface area contributed by atoms with E-state index in [-0.39, 0.29) is 35.9 Å². The lowest BCUT2D eigenvalue weighted by atomic mass is 10.2. The molecule has 7 atom stereocenters. The number of nitrogens with zero attached hydrogens (tertiary/aromatic N) is 6. The molecule has 5 rings (SSSR count). The highest BCUT2D eigenvalue weighted by Crippen LogP contribution is 2.49. The number of ether oxygens (including phenoxy) is 2. The predicted octanol–water partition coefficient (Wildman–Crippen LogP) is -2.63. The van der Waals surface area contributed by atoms with Crippen molar-refractivity contribution in [2.45, 2.75) is 49.7 Å². The van der Waals surface area contributed by atoms with Crippen LogP contribution in [0.1, 0.15) is 25.3 Å². The van der Waals surface area contributed by atoms with Gasteiger partial charge in [-0.15, -0.1) is 0 Å². The van der Waals surface area contributed by atoms with Gasteiger partial charge in [0.15, 0.2) is 11.2 Å². The van der Waals surface area contributed by atoms with E-state index < -0.39 is 69.2 Å². The Morgan fingerprint density at radius 1 is 1.11 bits per heavy atom. The number of anilines is 2. The highest BCUT2D eigenvalue weighted by molar-refractivity contribution is 7.47. The molecule has 3 aromatic heterocycles. The monoisotopic (exact) mass is 557 g/mol. The maximum absolute atomic E-state index is 12.7. The molecule has 4 unspecified atom stereocenters. The lowest BCUT2D eigenvalue weighted by Gasteiger charge is -2.21. The Hall–Kier alpha value is -3.29. The third-order valence-electron chi connectivity index (χ3n) is 6.05. The van der Waals surface area contributed by atoms with Gasteiger partial charge in [0.25, 0.3) is 5.56 Å². The van der Waals surface area contributed by atoms with Crippen molar-refractivity contribution in [2.24, 2.45) is 0 Å². The molecule has 0 aliphatic carbocycles. The third kappa shape index (κ3) is 5.18. The minimum absolute atomic E-state index is 0.0218. The van der Waals surface area contributed by atoms with Crippen molar-refractivity contribution < 1.29 is 38.2 Å². The second-order valence-corrected chi connectivity index (χ2v) is 9.97. The Morgan fingerprint density at radius 3 is 2.55 bits per heavy atom. The zero-order chi connectivity index (χ0) is 27.2. The van der Waals surface area contributed by atoms with E-state index in [0.29, 0.717) is 0 Å². The van der Waals surface area contributed by atoms with Gasteiger partial charge in [-0.25, -0.2) is 19.3 Å². The minimum Gasteiger partial charge on any atom is -0.394 e. The van der Waals surface area contributed by atoms with Gasteiger partial charge in [0.2, 0.25) is 11.9 Å². The molecule has 0 amide bonds. The Kier molecular flexibility index (Phi) is 7.01. The third-order valence-corrected chi connectivity index (χ3v) is 7.06. The molecular formula is C18H24N9O10P. The Labute approximate surface area is 211 Å². The van der Waals surface area contributed by atoms with Gasteiger partial charge in [0.05, 0.1) is 25.6 Å². The second-order valence-electron chi connectivity index (χ2n) is 8.57. The van der Waals surface area contributed by atoms with Crippen LogP contribution in [0.25, 0.3) is 11.2 Å². The number of aliphatic hydroxyl groups is 2. The molecule has 0 saturated carbocycles. The maximum atomic E-state index is 12.7. The molecule has 0 aromatic carbocycles. The molecule has 2 aliphatic rings. The summed E-state index contributed by atoms with van der Waals surface area (Å²) < 4.78 is 36.6. The first-order chi connectivity index (χ1) is 18.0. The number of aromatic nitrogens is 7. The van der Waals surface area contributed by atoms with Crippen molar-refractivity contribution in [1.29, 1.82) is 0 Å². The first-order valence-electron chi connectivity index (χ1n) is 11.2. The summed E-state index contributed by atoms with van der Waals surface area (Å²) in [5, 5.41) is 20.1. The van der Waals surface area contributed by atoms with Crippen LogP contribution in [0.3, 0.4) is 0 Å². The van der Waals surface area contributed by atoms with Gasteiger partial charge in [-0.1, -0.05) is 0 Å². The minimum atomic E-state index is -4.76. The van der Waals surface area contributed by atoms with Crippen LogP contribution in [0, 0.1) is 0 Å². The zero-order valence-electron chi connectivity index (χ0n) is 19.4. The van der Waals surface area contributed by atoms with Crippen LogP contribution in [-0.4, -0.2) is 86.8 Å². The van der Waals surface area contributed by atoms with E-state index in [4.69, 9.17) is 30.0 Å². The number of imidazole rings is 1. The normalized spacial score (nSPS) is 29.1. The molecule has 0 radical (unpaired) electrons. The van der Waals surface area contributed by atoms with Gasteiger partial charge in [-0.3, -0.25) is 28.0 Å². The number of fused-ring (bicyclic) bond motifs is 1. The SMILES string of the molecule is Nc1ncn([C@H]2CC(OP(=O)(O)OC[C@H]3OC(n4cnc5c(=O)[nH]c(N)nc54)CC3O)[C@@H](CO)O2)c(=O)n1. The van der Waals surface area contributed by atoms with Gasteiger partial charge < -0.3 is 36.0 Å². The summed E-state index contributed by atoms with van der Waals surface area (Å²) in [6, 6.07) is 0. The largest absolute Gasteiger partial charge is 0.472 e. The number of nitrogen functional groups attached to an aromatic ring is 2. The molecule has 0 bridgehead atoms. The van der Waals surface area contributed by atoms with Crippen LogP contribution in [0.5, 0.6) is 0 Å². The van der Waals surface area contributed by atoms with Crippen molar-refractivity contribution in [3.63, 3.8) is 0 Å². The number of phosphoric acid groups is 1. The molecule has 8 N–H and O–H groups in total. The van der Waals surface area contributed by atoms with Crippen LogP contribution in [0.15, 0.2) is 22.2 Å². The number of rotatable bonds is 8. The molecule has 206 valence electrons. The van der Waals surface area contributed by atoms with Crippen LogP contribution in [-0.2, 0) is 23.1 Å². The fourth-order valence-electron chi connectivity index (χ4n) is 4.26. The summed E-state index contributed by atoms with van der Waals surface area (Å²) in [4.78, 5) is 51.9. The summed E-state index contributed by atoms with van der Waals surface area (Å²) in [7, 11) is -4.76. The number of nitrogens with one attached hydrogen (secondary N) is 1. The average molecular weight is 557 g/mol. The van der Waals surface area contributed by atoms with Gasteiger partial charge >= 0.3 is 13.5 Å². The number of aliphatic hydroxyl groups excluding tert-OH is 2. The summed E-state index contributed by atoms with van der Waals surface area (Å²) in [6.45, 7) is -1.13. The molecule has 5 heterocycles. The molecule has 2 saturated heterocycles. The van der Waals surface area contributed by atoms with Gasteiger partial charge in [-0.05, 0) is 0 Å². The zero-order valence-corrected chi connectivity index (χ0v) is 20.3. The van der Waals surface area contributed by atoms with Crippen molar-refractivity contribution in [1.82, 2.24) is 34.1 Å². The van der Waals surface area contributed by atoms with Crippen molar-refractivity contribution >= 4 is 30.9 Å². The Morgan fingerprint density at radius 2 is 1.82 bits per heavy atom. The average Bonchev–Trinajstić information content (AvgIpc) is 3.54. The highest BCUT2D eigenvalue weighted by Gasteiger charge is 2.43. The quantitative estimate of drug-likeness (QED) is 0.154. The van der Waals surface area contributed by atoms with E-state index in [0.717, 1.165) is 10.9 Å². The molecule has 2 fully saturated rings. The molecule has 38 heavy (non-hydrogen) atoms. The van der Waals surface area contributed by atoms with Gasteiger partial charge in [0, 0.05) is 12.8 Å². The van der Waals surface area contributed by atoms with Crippen LogP contribution < -0.4 is 22.7 Å². The maximum Gasteiger partial charge on any atom is 0.472 e. The van der Waals surface area contributed by atoms with E-state index in [1.54, 1.807) is 0 Å². The van der Waals surface area contributed by atoms with Gasteiger partial charge in [0.1, 0.15) is 37.1 Å². The van der Waals surface area contributed by atoms with E-state index in [1.165, 1.54) is 10.9 Å². The van der Waals surface area contributed by atoms with E-state index in [1.807, 2.05) is 0 Å². The molecule has 3 aromatic rings. The topological polar surface area (TPSA) is 278 Å². The van der Waals surface area contributed by atoms with E-state index >= 15 is 0 Å². The van der Waals surface area contributed by atoms with E-state index in [2.05, 4.69) is 24.9 Å². The molecular weight excluding hydrogens is 533 g/mol. The molecule has 0 spiro atoms. The standard InChI is InChI=1S/C18H24N9O10P/c19-16-22-6-27(18(31)25-16)12-2-8(9(3-28)35-12)37-38(32,33)34-4-10-7(29)1-11(36-10)26-5-21-13-14(26)23-17(20)24-15(13)30/h5-12,28-29H,1-4H2,(H,32,33)(H2,19,25,31)(H3,20,23,24,30)/t7?,8?,9-,10-,11?,12-/m1/s1. The number of nitrogens with two attached hydrogens (primary N) is 2. The molecule has 2 aliphatic heterocycles. The first kappa shape index (κ1) is 26.3. The smallest absolute Gasteiger partial charge is 0.394 e. The second kappa shape index (κ2) is 10.1. The van der Waals surface area contributed by atoms with Crippen molar-refractivity contribution in [3.8, 4) is 0 Å². The van der Waals surface area contributed by atoms with Crippen molar-refractivity contribution in [3.05, 3.63) is 33.5 Å². The molecule has 19 nitrogen and oxygen atoms in total. The Bertz CT molecular complexity index is 1490. The van der Waals surface area contributed by atoms with Crippen LogP contribution in [0.2, 0.25) is 0 Å². The van der Waals surface area contributed by atoms with Crippen LogP contribution >= 0.6 is 7.82 Å². The number of H-pyrrole nitrogens is 1. The summed E-state index contributed by atoms with van der Waals surface area (Å²) in [5.74, 6) is -0.369. The summed E-state index contributed by atoms with van der Waals surface area (Å²) >= 11 is 0.